The first-order valence-electron chi connectivity index (χ1n) is 9.01. The van der Waals surface area contributed by atoms with Crippen LogP contribution in [0.3, 0.4) is 0 Å². The molecule has 27 heavy (non-hydrogen) atoms. The maximum absolute atomic E-state index is 9.01. The number of benzene rings is 2. The van der Waals surface area contributed by atoms with Crippen molar-refractivity contribution in [2.24, 2.45) is 0 Å². The van der Waals surface area contributed by atoms with E-state index in [9.17, 15) is 0 Å². The Morgan fingerprint density at radius 3 is 2.26 bits per heavy atom. The Bertz CT molecular complexity index is 955. The zero-order valence-electron chi connectivity index (χ0n) is 14.9. The Kier molecular flexibility index (Phi) is 4.84. The molecule has 1 fully saturated rings. The summed E-state index contributed by atoms with van der Waals surface area (Å²) in [6, 6.07) is 19.7. The maximum Gasteiger partial charge on any atom is 0.135 e. The number of aromatic nitrogens is 2. The van der Waals surface area contributed by atoms with E-state index in [1.165, 1.54) is 24.9 Å². The maximum atomic E-state index is 9.01. The van der Waals surface area contributed by atoms with Crippen LogP contribution in [0.4, 0.5) is 28.7 Å². The Balaban J connectivity index is 1.45. The van der Waals surface area contributed by atoms with E-state index >= 15 is 0 Å². The molecule has 0 atom stereocenters. The van der Waals surface area contributed by atoms with Crippen molar-refractivity contribution in [2.75, 3.05) is 28.6 Å². The molecule has 1 aromatic heterocycles. The van der Waals surface area contributed by atoms with Gasteiger partial charge >= 0.3 is 0 Å². The fraction of sp³-hybridized carbons (Fsp3) is 0.190. The number of nitrogens with one attached hydrogen (secondary N) is 2. The summed E-state index contributed by atoms with van der Waals surface area (Å²) in [5.74, 6) is 1.37. The van der Waals surface area contributed by atoms with Gasteiger partial charge in [-0.3, -0.25) is 0 Å². The van der Waals surface area contributed by atoms with Gasteiger partial charge in [-0.25, -0.2) is 9.97 Å². The lowest BCUT2D eigenvalue weighted by molar-refractivity contribution is 0.949. The van der Waals surface area contributed by atoms with Crippen molar-refractivity contribution in [3.05, 3.63) is 66.5 Å². The molecule has 1 saturated heterocycles. The van der Waals surface area contributed by atoms with Crippen LogP contribution in [0.5, 0.6) is 0 Å². The molecule has 2 N–H and O–H groups in total. The summed E-state index contributed by atoms with van der Waals surface area (Å²) in [5.41, 5.74) is 3.66. The zero-order valence-corrected chi connectivity index (χ0v) is 14.9. The minimum absolute atomic E-state index is 0.602. The average Bonchev–Trinajstić information content (AvgIpc) is 3.24. The van der Waals surface area contributed by atoms with Gasteiger partial charge in [0.05, 0.1) is 11.6 Å². The highest BCUT2D eigenvalue weighted by molar-refractivity contribution is 5.65. The minimum atomic E-state index is 0.602. The second kappa shape index (κ2) is 7.75. The van der Waals surface area contributed by atoms with Crippen LogP contribution in [-0.2, 0) is 0 Å². The number of anilines is 5. The lowest BCUT2D eigenvalue weighted by atomic mass is 10.2. The summed E-state index contributed by atoms with van der Waals surface area (Å²) in [4.78, 5) is 10.9. The molecule has 134 valence electrons. The van der Waals surface area contributed by atoms with Crippen molar-refractivity contribution >= 4 is 28.7 Å². The van der Waals surface area contributed by atoms with Crippen molar-refractivity contribution in [1.29, 1.82) is 5.26 Å². The van der Waals surface area contributed by atoms with Gasteiger partial charge in [-0.05, 0) is 55.3 Å². The van der Waals surface area contributed by atoms with Gasteiger partial charge in [0.1, 0.15) is 18.0 Å². The fourth-order valence-corrected chi connectivity index (χ4v) is 3.19. The third kappa shape index (κ3) is 4.15. The van der Waals surface area contributed by atoms with Crippen molar-refractivity contribution < 1.29 is 0 Å². The van der Waals surface area contributed by atoms with E-state index in [4.69, 9.17) is 5.26 Å². The minimum Gasteiger partial charge on any atom is -0.372 e. The second-order valence-corrected chi connectivity index (χ2v) is 6.47. The van der Waals surface area contributed by atoms with Crippen LogP contribution in [-0.4, -0.2) is 23.1 Å². The molecular weight excluding hydrogens is 336 g/mol. The van der Waals surface area contributed by atoms with Crippen LogP contribution >= 0.6 is 0 Å². The molecule has 2 heterocycles. The van der Waals surface area contributed by atoms with Crippen LogP contribution < -0.4 is 15.5 Å². The van der Waals surface area contributed by atoms with Crippen LogP contribution in [0.1, 0.15) is 18.4 Å². The number of nitrogens with zero attached hydrogens (tertiary/aromatic N) is 4. The lowest BCUT2D eigenvalue weighted by Gasteiger charge is -2.18. The molecule has 1 aliphatic rings. The molecule has 0 saturated carbocycles. The topological polar surface area (TPSA) is 76.9 Å². The number of hydrogen-bond donors (Lipinski definition) is 2. The van der Waals surface area contributed by atoms with E-state index in [1.807, 2.05) is 18.2 Å². The largest absolute Gasteiger partial charge is 0.372 e. The van der Waals surface area contributed by atoms with Gasteiger partial charge in [0.25, 0.3) is 0 Å². The molecule has 6 nitrogen and oxygen atoms in total. The van der Waals surface area contributed by atoms with Gasteiger partial charge in [-0.2, -0.15) is 5.26 Å². The molecule has 0 aliphatic carbocycles. The molecule has 2 aromatic carbocycles. The number of nitriles is 1. The summed E-state index contributed by atoms with van der Waals surface area (Å²) >= 11 is 0. The molecular formula is C21H20N6. The molecule has 3 aromatic rings. The first-order chi connectivity index (χ1) is 13.3. The Hall–Kier alpha value is -3.59. The first-order valence-corrected chi connectivity index (χ1v) is 9.01. The molecule has 0 unspecified atom stereocenters. The summed E-state index contributed by atoms with van der Waals surface area (Å²) in [5, 5.41) is 15.5. The quantitative estimate of drug-likeness (QED) is 0.704. The molecule has 1 aliphatic heterocycles. The third-order valence-electron chi connectivity index (χ3n) is 4.54. The van der Waals surface area contributed by atoms with Crippen LogP contribution in [0.2, 0.25) is 0 Å². The van der Waals surface area contributed by atoms with E-state index in [0.29, 0.717) is 17.2 Å². The fourth-order valence-electron chi connectivity index (χ4n) is 3.19. The van der Waals surface area contributed by atoms with Crippen molar-refractivity contribution in [2.45, 2.75) is 12.8 Å². The van der Waals surface area contributed by atoms with Crippen molar-refractivity contribution in [3.63, 3.8) is 0 Å². The predicted octanol–water partition coefficient (Wildman–Crippen LogP) is 4.44. The highest BCUT2D eigenvalue weighted by Gasteiger charge is 2.11. The highest BCUT2D eigenvalue weighted by atomic mass is 15.1. The number of rotatable bonds is 5. The predicted molar refractivity (Wildman–Crippen MR) is 108 cm³/mol. The summed E-state index contributed by atoms with van der Waals surface area (Å²) in [6.07, 6.45) is 4.05. The van der Waals surface area contributed by atoms with Gasteiger partial charge in [-0.15, -0.1) is 0 Å². The van der Waals surface area contributed by atoms with E-state index in [0.717, 1.165) is 24.5 Å². The Labute approximate surface area is 158 Å². The zero-order chi connectivity index (χ0) is 18.5. The van der Waals surface area contributed by atoms with Gasteiger partial charge in [0.15, 0.2) is 0 Å². The highest BCUT2D eigenvalue weighted by Crippen LogP contribution is 2.24. The SMILES string of the molecule is N#Cc1cccc(Nc2cc(Nc3ccc(N4CCCC4)cc3)ncn2)c1. The molecule has 0 spiro atoms. The lowest BCUT2D eigenvalue weighted by Crippen LogP contribution is -2.17. The Morgan fingerprint density at radius 1 is 0.852 bits per heavy atom. The van der Waals surface area contributed by atoms with Crippen LogP contribution in [0.25, 0.3) is 0 Å². The monoisotopic (exact) mass is 356 g/mol. The average molecular weight is 356 g/mol. The smallest absolute Gasteiger partial charge is 0.135 e. The molecule has 0 radical (unpaired) electrons. The summed E-state index contributed by atoms with van der Waals surface area (Å²) in [6.45, 7) is 2.28. The van der Waals surface area contributed by atoms with Gasteiger partial charge in [-0.1, -0.05) is 6.07 Å². The van der Waals surface area contributed by atoms with E-state index in [1.54, 1.807) is 12.1 Å². The van der Waals surface area contributed by atoms with Gasteiger partial charge in [0, 0.05) is 36.2 Å². The molecule has 6 heteroatoms. The van der Waals surface area contributed by atoms with Crippen molar-refractivity contribution in [3.8, 4) is 6.07 Å². The van der Waals surface area contributed by atoms with Gasteiger partial charge < -0.3 is 15.5 Å². The molecule has 4 rings (SSSR count). The first kappa shape index (κ1) is 16.9. The van der Waals surface area contributed by atoms with E-state index < -0.39 is 0 Å². The van der Waals surface area contributed by atoms with Gasteiger partial charge in [0.2, 0.25) is 0 Å². The van der Waals surface area contributed by atoms with E-state index in [-0.39, 0.29) is 0 Å². The van der Waals surface area contributed by atoms with Crippen molar-refractivity contribution in [1.82, 2.24) is 9.97 Å². The Morgan fingerprint density at radius 2 is 1.56 bits per heavy atom. The van der Waals surface area contributed by atoms with E-state index in [2.05, 4.69) is 55.8 Å². The summed E-state index contributed by atoms with van der Waals surface area (Å²) in [7, 11) is 0. The standard InChI is InChI=1S/C21H20N6/c22-14-16-4-3-5-18(12-16)26-21-13-20(23-15-24-21)25-17-6-8-19(9-7-17)27-10-1-2-11-27/h3-9,12-13,15H,1-2,10-11H2,(H2,23,24,25,26). The van der Waals surface area contributed by atoms with Crippen LogP contribution in [0, 0.1) is 11.3 Å². The summed E-state index contributed by atoms with van der Waals surface area (Å²) < 4.78 is 0. The molecule has 0 amide bonds. The normalized spacial score (nSPS) is 13.2. The third-order valence-corrected chi connectivity index (χ3v) is 4.54. The second-order valence-electron chi connectivity index (χ2n) is 6.47. The van der Waals surface area contributed by atoms with Crippen LogP contribution in [0.15, 0.2) is 60.9 Å². The number of hydrogen-bond acceptors (Lipinski definition) is 6. The molecule has 0 bridgehead atoms.